The van der Waals surface area contributed by atoms with E-state index in [9.17, 15) is 9.59 Å². The minimum atomic E-state index is -0.0213. The lowest BCUT2D eigenvalue weighted by Gasteiger charge is -2.24. The standard InChI is InChI=1S/C22H28N4O2/c1-17-7-3-4-8-19(17)26-14-18(12-23-26)13-24(2)21(28)15-25-16-22(11-20(25)27)9-5-6-10-22/h3-4,7-8,12,14H,5-6,9-11,13,15-16H2,1-2H3. The van der Waals surface area contributed by atoms with E-state index in [-0.39, 0.29) is 23.8 Å². The van der Waals surface area contributed by atoms with Gasteiger partial charge in [-0.3, -0.25) is 9.59 Å². The minimum Gasteiger partial charge on any atom is -0.340 e. The Bertz CT molecular complexity index is 882. The summed E-state index contributed by atoms with van der Waals surface area (Å²) in [6.07, 6.45) is 9.03. The van der Waals surface area contributed by atoms with Gasteiger partial charge in [0.2, 0.25) is 11.8 Å². The van der Waals surface area contributed by atoms with Crippen LogP contribution in [0.1, 0.15) is 43.2 Å². The van der Waals surface area contributed by atoms with E-state index in [2.05, 4.69) is 18.1 Å². The van der Waals surface area contributed by atoms with Crippen molar-refractivity contribution in [2.45, 2.75) is 45.6 Å². The average Bonchev–Trinajstić information content (AvgIpc) is 3.38. The van der Waals surface area contributed by atoms with Gasteiger partial charge in [-0.05, 0) is 36.8 Å². The average molecular weight is 380 g/mol. The Morgan fingerprint density at radius 1 is 1.25 bits per heavy atom. The molecule has 1 spiro atoms. The number of likely N-dealkylation sites (tertiary alicyclic amines) is 1. The van der Waals surface area contributed by atoms with E-state index < -0.39 is 0 Å². The van der Waals surface area contributed by atoms with Crippen LogP contribution >= 0.6 is 0 Å². The summed E-state index contributed by atoms with van der Waals surface area (Å²) in [4.78, 5) is 28.5. The van der Waals surface area contributed by atoms with E-state index in [0.717, 1.165) is 36.2 Å². The van der Waals surface area contributed by atoms with Gasteiger partial charge in [0.15, 0.2) is 0 Å². The Hall–Kier alpha value is -2.63. The van der Waals surface area contributed by atoms with E-state index in [1.807, 2.05) is 29.1 Å². The molecule has 28 heavy (non-hydrogen) atoms. The molecule has 1 aromatic heterocycles. The Balaban J connectivity index is 1.36. The third kappa shape index (κ3) is 3.68. The molecule has 1 aliphatic carbocycles. The van der Waals surface area contributed by atoms with Crippen LogP contribution in [0.4, 0.5) is 0 Å². The van der Waals surface area contributed by atoms with Crippen LogP contribution in [0.25, 0.3) is 5.69 Å². The first-order valence-corrected chi connectivity index (χ1v) is 10.1. The van der Waals surface area contributed by atoms with Crippen molar-refractivity contribution in [2.24, 2.45) is 5.41 Å². The molecule has 2 aromatic rings. The number of amides is 2. The summed E-state index contributed by atoms with van der Waals surface area (Å²) in [5.41, 5.74) is 3.30. The van der Waals surface area contributed by atoms with Crippen molar-refractivity contribution in [3.8, 4) is 5.69 Å². The van der Waals surface area contributed by atoms with E-state index in [4.69, 9.17) is 0 Å². The van der Waals surface area contributed by atoms with Gasteiger partial charge in [-0.25, -0.2) is 4.68 Å². The Labute approximate surface area is 166 Å². The van der Waals surface area contributed by atoms with E-state index in [1.165, 1.54) is 12.8 Å². The van der Waals surface area contributed by atoms with E-state index >= 15 is 0 Å². The Kier molecular flexibility index (Phi) is 4.96. The number of benzene rings is 1. The van der Waals surface area contributed by atoms with Gasteiger partial charge in [0.25, 0.3) is 0 Å². The third-order valence-corrected chi connectivity index (χ3v) is 6.24. The zero-order chi connectivity index (χ0) is 19.7. The largest absolute Gasteiger partial charge is 0.340 e. The number of carbonyl (C=O) groups excluding carboxylic acids is 2. The number of carbonyl (C=O) groups is 2. The zero-order valence-corrected chi connectivity index (χ0v) is 16.7. The summed E-state index contributed by atoms with van der Waals surface area (Å²) in [7, 11) is 1.79. The molecule has 2 fully saturated rings. The first-order chi connectivity index (χ1) is 13.5. The summed E-state index contributed by atoms with van der Waals surface area (Å²) in [6, 6.07) is 8.07. The summed E-state index contributed by atoms with van der Waals surface area (Å²) in [6.45, 7) is 3.47. The van der Waals surface area contributed by atoms with Crippen molar-refractivity contribution in [1.29, 1.82) is 0 Å². The summed E-state index contributed by atoms with van der Waals surface area (Å²) >= 11 is 0. The first-order valence-electron chi connectivity index (χ1n) is 10.1. The molecule has 1 aliphatic heterocycles. The van der Waals surface area contributed by atoms with E-state index in [1.54, 1.807) is 23.0 Å². The lowest BCUT2D eigenvalue weighted by molar-refractivity contribution is -0.137. The van der Waals surface area contributed by atoms with Gasteiger partial charge in [0.05, 0.1) is 18.4 Å². The maximum atomic E-state index is 12.7. The number of hydrogen-bond donors (Lipinski definition) is 0. The Morgan fingerprint density at radius 2 is 2.00 bits per heavy atom. The summed E-state index contributed by atoms with van der Waals surface area (Å²) < 4.78 is 1.84. The van der Waals surface area contributed by atoms with Gasteiger partial charge in [-0.1, -0.05) is 31.0 Å². The minimum absolute atomic E-state index is 0.0213. The van der Waals surface area contributed by atoms with Crippen LogP contribution in [-0.2, 0) is 16.1 Å². The molecular formula is C22H28N4O2. The number of hydrogen-bond acceptors (Lipinski definition) is 3. The molecule has 1 saturated carbocycles. The molecule has 1 saturated heterocycles. The van der Waals surface area contributed by atoms with Crippen molar-refractivity contribution < 1.29 is 9.59 Å². The topological polar surface area (TPSA) is 58.4 Å². The number of likely N-dealkylation sites (N-methyl/N-ethyl adjacent to an activating group) is 1. The lowest BCUT2D eigenvalue weighted by Crippen LogP contribution is -2.39. The molecule has 0 bridgehead atoms. The molecule has 2 heterocycles. The van der Waals surface area contributed by atoms with Crippen molar-refractivity contribution >= 4 is 11.8 Å². The monoisotopic (exact) mass is 380 g/mol. The number of para-hydroxylation sites is 1. The number of rotatable bonds is 5. The van der Waals surface area contributed by atoms with Crippen LogP contribution in [0.3, 0.4) is 0 Å². The fraction of sp³-hybridized carbons (Fsp3) is 0.500. The molecule has 0 radical (unpaired) electrons. The van der Waals surface area contributed by atoms with Crippen LogP contribution in [0.15, 0.2) is 36.7 Å². The van der Waals surface area contributed by atoms with Gasteiger partial charge in [-0.15, -0.1) is 0 Å². The zero-order valence-electron chi connectivity index (χ0n) is 16.7. The van der Waals surface area contributed by atoms with Gasteiger partial charge >= 0.3 is 0 Å². The maximum absolute atomic E-state index is 12.7. The lowest BCUT2D eigenvalue weighted by atomic mass is 9.85. The predicted molar refractivity (Wildman–Crippen MR) is 107 cm³/mol. The second-order valence-corrected chi connectivity index (χ2v) is 8.46. The number of nitrogens with zero attached hydrogens (tertiary/aromatic N) is 4. The predicted octanol–water partition coefficient (Wildman–Crippen LogP) is 2.93. The second-order valence-electron chi connectivity index (χ2n) is 8.46. The van der Waals surface area contributed by atoms with Gasteiger partial charge in [0.1, 0.15) is 0 Å². The summed E-state index contributed by atoms with van der Waals surface area (Å²) in [5, 5.41) is 4.44. The molecule has 6 heteroatoms. The second kappa shape index (κ2) is 7.41. The van der Waals surface area contributed by atoms with Crippen molar-refractivity contribution in [3.05, 3.63) is 47.8 Å². The van der Waals surface area contributed by atoms with Crippen LogP contribution in [0, 0.1) is 12.3 Å². The first kappa shape index (κ1) is 18.7. The van der Waals surface area contributed by atoms with Crippen LogP contribution in [0.5, 0.6) is 0 Å². The van der Waals surface area contributed by atoms with Gasteiger partial charge < -0.3 is 9.80 Å². The highest BCUT2D eigenvalue weighted by atomic mass is 16.2. The molecule has 2 aliphatic rings. The quantitative estimate of drug-likeness (QED) is 0.801. The third-order valence-electron chi connectivity index (χ3n) is 6.24. The fourth-order valence-corrected chi connectivity index (χ4v) is 4.63. The van der Waals surface area contributed by atoms with Crippen LogP contribution in [0.2, 0.25) is 0 Å². The van der Waals surface area contributed by atoms with Crippen molar-refractivity contribution in [3.63, 3.8) is 0 Å². The molecule has 148 valence electrons. The van der Waals surface area contributed by atoms with Crippen LogP contribution in [-0.4, -0.2) is 51.5 Å². The molecule has 0 unspecified atom stereocenters. The molecule has 4 rings (SSSR count). The van der Waals surface area contributed by atoms with Gasteiger partial charge in [-0.2, -0.15) is 5.10 Å². The molecule has 2 amide bonds. The SMILES string of the molecule is Cc1ccccc1-n1cc(CN(C)C(=O)CN2CC3(CCCC3)CC2=O)cn1. The number of aromatic nitrogens is 2. The highest BCUT2D eigenvalue weighted by Crippen LogP contribution is 2.45. The summed E-state index contributed by atoms with van der Waals surface area (Å²) in [5.74, 6) is 0.114. The molecule has 1 aromatic carbocycles. The van der Waals surface area contributed by atoms with Gasteiger partial charge in [0, 0.05) is 38.3 Å². The smallest absolute Gasteiger partial charge is 0.242 e. The van der Waals surface area contributed by atoms with Crippen molar-refractivity contribution in [1.82, 2.24) is 19.6 Å². The normalized spacial score (nSPS) is 18.2. The molecule has 6 nitrogen and oxygen atoms in total. The molecule has 0 N–H and O–H groups in total. The highest BCUT2D eigenvalue weighted by molar-refractivity contribution is 5.86. The Morgan fingerprint density at radius 3 is 2.75 bits per heavy atom. The molecular weight excluding hydrogens is 352 g/mol. The van der Waals surface area contributed by atoms with Crippen molar-refractivity contribution in [2.75, 3.05) is 20.1 Å². The number of aryl methyl sites for hydroxylation is 1. The highest BCUT2D eigenvalue weighted by Gasteiger charge is 2.45. The molecule has 0 atom stereocenters. The van der Waals surface area contributed by atoms with Crippen LogP contribution < -0.4 is 0 Å². The fourth-order valence-electron chi connectivity index (χ4n) is 4.63. The maximum Gasteiger partial charge on any atom is 0.242 e. The van der Waals surface area contributed by atoms with E-state index in [0.29, 0.717) is 13.0 Å².